The Kier molecular flexibility index (Phi) is 7.76. The predicted molar refractivity (Wildman–Crippen MR) is 131 cm³/mol. The lowest BCUT2D eigenvalue weighted by Crippen LogP contribution is -2.36. The molecule has 0 bridgehead atoms. The van der Waals surface area contributed by atoms with Crippen LogP contribution in [-0.4, -0.2) is 28.0 Å². The number of sulfonamides is 1. The summed E-state index contributed by atoms with van der Waals surface area (Å²) in [6.45, 7) is 5.61. The monoisotopic (exact) mass is 466 g/mol. The molecule has 0 heterocycles. The third-order valence-electron chi connectivity index (χ3n) is 5.48. The molecule has 33 heavy (non-hydrogen) atoms. The van der Waals surface area contributed by atoms with Crippen molar-refractivity contribution >= 4 is 21.6 Å². The summed E-state index contributed by atoms with van der Waals surface area (Å²) in [5.41, 5.74) is 3.10. The third kappa shape index (κ3) is 5.93. The smallest absolute Gasteiger partial charge is 0.264 e. The Balaban J connectivity index is 1.85. The average Bonchev–Trinajstić information content (AvgIpc) is 2.79. The number of carbonyl (C=O) groups is 1. The molecular formula is C26H30N2O4S. The van der Waals surface area contributed by atoms with Crippen LogP contribution < -0.4 is 14.4 Å². The van der Waals surface area contributed by atoms with Gasteiger partial charge >= 0.3 is 0 Å². The van der Waals surface area contributed by atoms with Crippen LogP contribution in [-0.2, 0) is 14.8 Å². The van der Waals surface area contributed by atoms with E-state index in [0.717, 1.165) is 11.1 Å². The molecule has 3 rings (SSSR count). The minimum absolute atomic E-state index is 0.00925. The number of carbonyl (C=O) groups excluding carboxylic acids is 1. The van der Waals surface area contributed by atoms with E-state index in [4.69, 9.17) is 4.74 Å². The molecule has 0 aromatic heterocycles. The number of hydrogen-bond donors (Lipinski definition) is 1. The van der Waals surface area contributed by atoms with Crippen LogP contribution in [0, 0.1) is 13.8 Å². The fraction of sp³-hybridized carbons (Fsp3) is 0.269. The number of aryl methyl sites for hydroxylation is 2. The summed E-state index contributed by atoms with van der Waals surface area (Å²) in [6, 6.07) is 21.5. The maximum absolute atomic E-state index is 13.6. The number of hydrogen-bond acceptors (Lipinski definition) is 4. The van der Waals surface area contributed by atoms with E-state index >= 15 is 0 Å². The number of anilines is 1. The van der Waals surface area contributed by atoms with Gasteiger partial charge < -0.3 is 10.1 Å². The van der Waals surface area contributed by atoms with Crippen LogP contribution in [0.1, 0.15) is 36.1 Å². The van der Waals surface area contributed by atoms with E-state index in [0.29, 0.717) is 17.0 Å². The van der Waals surface area contributed by atoms with Crippen molar-refractivity contribution in [2.45, 2.75) is 38.1 Å². The first-order valence-corrected chi connectivity index (χ1v) is 12.2. The maximum atomic E-state index is 13.6. The summed E-state index contributed by atoms with van der Waals surface area (Å²) in [5.74, 6) is 0.401. The van der Waals surface area contributed by atoms with Gasteiger partial charge in [0.15, 0.2) is 0 Å². The molecule has 3 aromatic rings. The molecule has 0 radical (unpaired) electrons. The molecule has 0 aliphatic rings. The van der Waals surface area contributed by atoms with Gasteiger partial charge in [0.05, 0.1) is 23.7 Å². The molecule has 0 saturated heterocycles. The Morgan fingerprint density at radius 2 is 1.67 bits per heavy atom. The summed E-state index contributed by atoms with van der Waals surface area (Å²) in [5, 5.41) is 2.95. The average molecular weight is 467 g/mol. The van der Waals surface area contributed by atoms with Crippen LogP contribution in [0.5, 0.6) is 5.75 Å². The van der Waals surface area contributed by atoms with E-state index < -0.39 is 10.0 Å². The van der Waals surface area contributed by atoms with Gasteiger partial charge in [0.25, 0.3) is 10.0 Å². The number of amides is 1. The number of benzene rings is 3. The first-order chi connectivity index (χ1) is 15.7. The van der Waals surface area contributed by atoms with Crippen molar-refractivity contribution in [3.63, 3.8) is 0 Å². The summed E-state index contributed by atoms with van der Waals surface area (Å²) in [4.78, 5) is 12.9. The van der Waals surface area contributed by atoms with Gasteiger partial charge in [0, 0.05) is 13.0 Å². The molecule has 0 saturated carbocycles. The van der Waals surface area contributed by atoms with Crippen LogP contribution >= 0.6 is 0 Å². The molecule has 174 valence electrons. The zero-order chi connectivity index (χ0) is 24.0. The summed E-state index contributed by atoms with van der Waals surface area (Å²) in [6.07, 6.45) is 0.0212. The number of ether oxygens (including phenoxy) is 1. The van der Waals surface area contributed by atoms with Crippen molar-refractivity contribution in [2.75, 3.05) is 18.0 Å². The van der Waals surface area contributed by atoms with Gasteiger partial charge in [-0.05, 0) is 62.2 Å². The van der Waals surface area contributed by atoms with Gasteiger partial charge in [-0.15, -0.1) is 0 Å². The van der Waals surface area contributed by atoms with Crippen molar-refractivity contribution in [3.05, 3.63) is 89.5 Å². The number of rotatable bonds is 9. The lowest BCUT2D eigenvalue weighted by molar-refractivity contribution is -0.121. The van der Waals surface area contributed by atoms with Crippen molar-refractivity contribution in [1.29, 1.82) is 0 Å². The molecule has 0 aliphatic carbocycles. The molecule has 0 fully saturated rings. The first kappa shape index (κ1) is 24.3. The van der Waals surface area contributed by atoms with E-state index in [2.05, 4.69) is 5.32 Å². The van der Waals surface area contributed by atoms with E-state index in [1.165, 1.54) is 4.31 Å². The zero-order valence-corrected chi connectivity index (χ0v) is 20.2. The highest BCUT2D eigenvalue weighted by Crippen LogP contribution is 2.28. The summed E-state index contributed by atoms with van der Waals surface area (Å²) >= 11 is 0. The molecule has 1 atom stereocenters. The Bertz CT molecular complexity index is 1190. The molecule has 1 N–H and O–H groups in total. The normalized spacial score (nSPS) is 12.1. The summed E-state index contributed by atoms with van der Waals surface area (Å²) < 4.78 is 33.8. The minimum atomic E-state index is -3.88. The second kappa shape index (κ2) is 10.5. The predicted octanol–water partition coefficient (Wildman–Crippen LogP) is 4.77. The molecule has 1 amide bonds. The third-order valence-corrected chi connectivity index (χ3v) is 7.47. The topological polar surface area (TPSA) is 75.7 Å². The molecular weight excluding hydrogens is 436 g/mol. The second-order valence-electron chi connectivity index (χ2n) is 7.99. The fourth-order valence-electron chi connectivity index (χ4n) is 3.69. The number of methoxy groups -OCH3 is 1. The van der Waals surface area contributed by atoms with Crippen LogP contribution in [0.4, 0.5) is 5.69 Å². The van der Waals surface area contributed by atoms with Crippen LogP contribution in [0.2, 0.25) is 0 Å². The van der Waals surface area contributed by atoms with E-state index in [9.17, 15) is 13.2 Å². The minimum Gasteiger partial charge on any atom is -0.497 e. The number of nitrogens with one attached hydrogen (secondary N) is 1. The second-order valence-corrected chi connectivity index (χ2v) is 9.82. The van der Waals surface area contributed by atoms with Gasteiger partial charge in [0.1, 0.15) is 5.75 Å². The zero-order valence-electron chi connectivity index (χ0n) is 19.4. The molecule has 0 unspecified atom stereocenters. The Morgan fingerprint density at radius 3 is 2.27 bits per heavy atom. The standard InChI is InChI=1S/C26H30N2O4S/c1-19-10-15-25(20(2)18-19)33(30,31)28(23-11-13-24(32-4)14-12-23)17-16-26(29)27-21(3)22-8-6-5-7-9-22/h5-15,18,21H,16-17H2,1-4H3,(H,27,29)/t21-/m1/s1. The Hall–Kier alpha value is -3.32. The first-order valence-electron chi connectivity index (χ1n) is 10.8. The molecule has 3 aromatic carbocycles. The SMILES string of the molecule is COc1ccc(N(CCC(=O)N[C@H](C)c2ccccc2)S(=O)(=O)c2ccc(C)cc2C)cc1. The van der Waals surface area contributed by atoms with E-state index in [1.54, 1.807) is 50.4 Å². The maximum Gasteiger partial charge on any atom is 0.264 e. The van der Waals surface area contributed by atoms with Gasteiger partial charge in [0.2, 0.25) is 5.91 Å². The quantitative estimate of drug-likeness (QED) is 0.493. The molecule has 6 nitrogen and oxygen atoms in total. The highest BCUT2D eigenvalue weighted by atomic mass is 32.2. The van der Waals surface area contributed by atoms with Gasteiger partial charge in [-0.1, -0.05) is 48.0 Å². The van der Waals surface area contributed by atoms with E-state index in [-0.39, 0.29) is 29.8 Å². The van der Waals surface area contributed by atoms with Crippen molar-refractivity contribution in [3.8, 4) is 5.75 Å². The van der Waals surface area contributed by atoms with Crippen molar-refractivity contribution < 1.29 is 17.9 Å². The Morgan fingerprint density at radius 1 is 1.00 bits per heavy atom. The summed E-state index contributed by atoms with van der Waals surface area (Å²) in [7, 11) is -2.33. The molecule has 0 aliphatic heterocycles. The van der Waals surface area contributed by atoms with Crippen LogP contribution in [0.25, 0.3) is 0 Å². The van der Waals surface area contributed by atoms with Crippen molar-refractivity contribution in [1.82, 2.24) is 5.32 Å². The van der Waals surface area contributed by atoms with E-state index in [1.807, 2.05) is 50.2 Å². The van der Waals surface area contributed by atoms with Gasteiger partial charge in [-0.3, -0.25) is 9.10 Å². The van der Waals surface area contributed by atoms with Crippen LogP contribution in [0.15, 0.2) is 77.7 Å². The number of nitrogens with zero attached hydrogens (tertiary/aromatic N) is 1. The molecule has 0 spiro atoms. The largest absolute Gasteiger partial charge is 0.497 e. The molecule has 7 heteroatoms. The fourth-order valence-corrected chi connectivity index (χ4v) is 5.36. The highest BCUT2D eigenvalue weighted by Gasteiger charge is 2.27. The lowest BCUT2D eigenvalue weighted by Gasteiger charge is -2.26. The Labute approximate surface area is 196 Å². The highest BCUT2D eigenvalue weighted by molar-refractivity contribution is 7.92. The lowest BCUT2D eigenvalue weighted by atomic mass is 10.1. The van der Waals surface area contributed by atoms with Crippen molar-refractivity contribution in [2.24, 2.45) is 0 Å². The van der Waals surface area contributed by atoms with Gasteiger partial charge in [-0.25, -0.2) is 8.42 Å². The van der Waals surface area contributed by atoms with Crippen LogP contribution in [0.3, 0.4) is 0 Å². The van der Waals surface area contributed by atoms with Gasteiger partial charge in [-0.2, -0.15) is 0 Å².